The summed E-state index contributed by atoms with van der Waals surface area (Å²) in [4.78, 5) is 32.8. The monoisotopic (exact) mass is 254 g/mol. The van der Waals surface area contributed by atoms with Gasteiger partial charge in [0.1, 0.15) is 5.75 Å². The maximum atomic E-state index is 11.4. The minimum atomic E-state index is -0.948. The van der Waals surface area contributed by atoms with Gasteiger partial charge < -0.3 is 9.47 Å². The van der Waals surface area contributed by atoms with Gasteiger partial charge in [-0.1, -0.05) is 0 Å². The smallest absolute Gasteiger partial charge is 0.424 e. The first-order chi connectivity index (χ1) is 8.45. The van der Waals surface area contributed by atoms with Gasteiger partial charge in [-0.3, -0.25) is 10.1 Å². The number of methoxy groups -OCH3 is 1. The molecule has 0 radical (unpaired) electrons. The fraction of sp³-hybridized carbons (Fsp3) is 0.200. The molecule has 1 aromatic rings. The summed E-state index contributed by atoms with van der Waals surface area (Å²) in [5.74, 6) is 0.0846. The Morgan fingerprint density at radius 2 is 1.78 bits per heavy atom. The van der Waals surface area contributed by atoms with Crippen LogP contribution in [0.15, 0.2) is 24.3 Å². The average molecular weight is 254 g/mol. The minimum absolute atomic E-state index is 0.0846. The van der Waals surface area contributed by atoms with Gasteiger partial charge in [0.15, 0.2) is 0 Å². The van der Waals surface area contributed by atoms with Crippen molar-refractivity contribution in [2.24, 2.45) is 0 Å². The van der Waals surface area contributed by atoms with Gasteiger partial charge >= 0.3 is 12.2 Å². The number of carbonyl (C=O) groups excluding carboxylic acids is 2. The predicted molar refractivity (Wildman–Crippen MR) is 59.3 cm³/mol. The summed E-state index contributed by atoms with van der Waals surface area (Å²) < 4.78 is 9.12. The number of imide groups is 1. The van der Waals surface area contributed by atoms with E-state index in [1.54, 1.807) is 0 Å². The largest absolute Gasteiger partial charge is 0.452 e. The summed E-state index contributed by atoms with van der Waals surface area (Å²) in [5, 5.41) is 10.4. The molecule has 0 aliphatic carbocycles. The third-order valence-electron chi connectivity index (χ3n) is 1.98. The minimum Gasteiger partial charge on any atom is -0.452 e. The Balaban J connectivity index is 2.70. The van der Waals surface area contributed by atoms with Crippen molar-refractivity contribution in [3.8, 4) is 5.75 Å². The zero-order valence-electron chi connectivity index (χ0n) is 9.65. The SMILES string of the molecule is COC(=O)N(C)C(=O)Oc1ccc([N+](=O)[O-])cc1. The van der Waals surface area contributed by atoms with Gasteiger partial charge in [-0.2, -0.15) is 0 Å². The van der Waals surface area contributed by atoms with Gasteiger partial charge in [0, 0.05) is 19.2 Å². The molecule has 0 aliphatic rings. The number of non-ortho nitro benzene ring substituents is 1. The Morgan fingerprint density at radius 3 is 2.22 bits per heavy atom. The third-order valence-corrected chi connectivity index (χ3v) is 1.98. The van der Waals surface area contributed by atoms with Crippen LogP contribution in [0.5, 0.6) is 5.75 Å². The average Bonchev–Trinajstić information content (AvgIpc) is 2.37. The molecule has 0 heterocycles. The highest BCUT2D eigenvalue weighted by molar-refractivity contribution is 5.88. The summed E-state index contributed by atoms with van der Waals surface area (Å²) in [6.45, 7) is 0. The van der Waals surface area contributed by atoms with Crippen LogP contribution < -0.4 is 4.74 Å². The number of amides is 2. The Labute approximate surface area is 102 Å². The van der Waals surface area contributed by atoms with Crippen molar-refractivity contribution in [3.63, 3.8) is 0 Å². The maximum Gasteiger partial charge on any atom is 0.424 e. The van der Waals surface area contributed by atoms with E-state index in [0.29, 0.717) is 4.90 Å². The van der Waals surface area contributed by atoms with Crippen LogP contribution in [0.25, 0.3) is 0 Å². The molecule has 0 atom stereocenters. The molecule has 0 fully saturated rings. The van der Waals surface area contributed by atoms with Crippen molar-refractivity contribution in [2.45, 2.75) is 0 Å². The summed E-state index contributed by atoms with van der Waals surface area (Å²) in [6, 6.07) is 4.86. The van der Waals surface area contributed by atoms with Crippen LogP contribution in [0.2, 0.25) is 0 Å². The number of rotatable bonds is 2. The second-order valence-electron chi connectivity index (χ2n) is 3.15. The van der Waals surface area contributed by atoms with Gasteiger partial charge in [0.2, 0.25) is 0 Å². The van der Waals surface area contributed by atoms with Crippen LogP contribution in [0.4, 0.5) is 15.3 Å². The molecule has 0 unspecified atom stereocenters. The first-order valence-corrected chi connectivity index (χ1v) is 4.73. The second kappa shape index (κ2) is 5.62. The molecule has 0 aromatic heterocycles. The maximum absolute atomic E-state index is 11.4. The molecule has 8 heteroatoms. The number of hydrogen-bond acceptors (Lipinski definition) is 6. The first-order valence-electron chi connectivity index (χ1n) is 4.73. The molecule has 1 aromatic carbocycles. The molecule has 96 valence electrons. The lowest BCUT2D eigenvalue weighted by molar-refractivity contribution is -0.384. The van der Waals surface area contributed by atoms with E-state index in [1.165, 1.54) is 31.3 Å². The molecule has 0 N–H and O–H groups in total. The highest BCUT2D eigenvalue weighted by atomic mass is 16.6. The summed E-state index contributed by atoms with van der Waals surface area (Å²) in [5.41, 5.74) is -0.129. The first kappa shape index (κ1) is 13.4. The van der Waals surface area contributed by atoms with Crippen molar-refractivity contribution < 1.29 is 24.0 Å². The Kier molecular flexibility index (Phi) is 4.19. The van der Waals surface area contributed by atoms with Gasteiger partial charge in [0.25, 0.3) is 5.69 Å². The molecule has 8 nitrogen and oxygen atoms in total. The van der Waals surface area contributed by atoms with Crippen molar-refractivity contribution >= 4 is 17.9 Å². The molecule has 0 bridgehead atoms. The number of hydrogen-bond donors (Lipinski definition) is 0. The van der Waals surface area contributed by atoms with Crippen molar-refractivity contribution in [2.75, 3.05) is 14.2 Å². The van der Waals surface area contributed by atoms with E-state index in [2.05, 4.69) is 4.74 Å². The summed E-state index contributed by atoms with van der Waals surface area (Å²) in [6.07, 6.45) is -1.82. The van der Waals surface area contributed by atoms with E-state index in [-0.39, 0.29) is 11.4 Å². The highest BCUT2D eigenvalue weighted by Gasteiger charge is 2.19. The Morgan fingerprint density at radius 1 is 1.22 bits per heavy atom. The normalized spacial score (nSPS) is 9.44. The molecule has 18 heavy (non-hydrogen) atoms. The Hall–Kier alpha value is -2.64. The Bertz CT molecular complexity index is 470. The number of nitrogens with zero attached hydrogens (tertiary/aromatic N) is 2. The molecule has 1 rings (SSSR count). The fourth-order valence-corrected chi connectivity index (χ4v) is 1.02. The van der Waals surface area contributed by atoms with Gasteiger partial charge in [-0.15, -0.1) is 0 Å². The van der Waals surface area contributed by atoms with E-state index in [9.17, 15) is 19.7 Å². The van der Waals surface area contributed by atoms with E-state index in [1.807, 2.05) is 0 Å². The third kappa shape index (κ3) is 3.17. The lowest BCUT2D eigenvalue weighted by Crippen LogP contribution is -2.35. The van der Waals surface area contributed by atoms with Crippen molar-refractivity contribution in [1.82, 2.24) is 4.90 Å². The molecular formula is C10H10N2O6. The number of nitro groups is 1. The fourth-order valence-electron chi connectivity index (χ4n) is 1.02. The van der Waals surface area contributed by atoms with Crippen LogP contribution in [-0.2, 0) is 4.74 Å². The number of benzene rings is 1. The van der Waals surface area contributed by atoms with Crippen LogP contribution in [0.3, 0.4) is 0 Å². The number of carbonyl (C=O) groups is 2. The van der Waals surface area contributed by atoms with Gasteiger partial charge in [-0.25, -0.2) is 14.5 Å². The number of ether oxygens (including phenoxy) is 2. The van der Waals surface area contributed by atoms with Crippen LogP contribution in [0, 0.1) is 10.1 Å². The summed E-state index contributed by atoms with van der Waals surface area (Å²) >= 11 is 0. The molecule has 0 aliphatic heterocycles. The second-order valence-corrected chi connectivity index (χ2v) is 3.15. The van der Waals surface area contributed by atoms with E-state index >= 15 is 0 Å². The van der Waals surface area contributed by atoms with E-state index < -0.39 is 17.1 Å². The molecule has 0 saturated carbocycles. The van der Waals surface area contributed by atoms with Crippen LogP contribution in [0.1, 0.15) is 0 Å². The van der Waals surface area contributed by atoms with Crippen molar-refractivity contribution in [3.05, 3.63) is 34.4 Å². The molecular weight excluding hydrogens is 244 g/mol. The molecule has 0 saturated heterocycles. The molecule has 0 spiro atoms. The van der Waals surface area contributed by atoms with E-state index in [0.717, 1.165) is 7.11 Å². The topological polar surface area (TPSA) is 99.0 Å². The van der Waals surface area contributed by atoms with Crippen LogP contribution >= 0.6 is 0 Å². The quantitative estimate of drug-likeness (QED) is 0.589. The lowest BCUT2D eigenvalue weighted by atomic mass is 10.3. The highest BCUT2D eigenvalue weighted by Crippen LogP contribution is 2.17. The van der Waals surface area contributed by atoms with E-state index in [4.69, 9.17) is 4.74 Å². The van der Waals surface area contributed by atoms with Crippen molar-refractivity contribution in [1.29, 1.82) is 0 Å². The summed E-state index contributed by atoms with van der Waals surface area (Å²) in [7, 11) is 2.30. The zero-order chi connectivity index (χ0) is 13.7. The number of nitro benzene ring substituents is 1. The lowest BCUT2D eigenvalue weighted by Gasteiger charge is -2.13. The standard InChI is InChI=1S/C10H10N2O6/c1-11(9(13)17-2)10(14)18-8-5-3-7(4-6-8)12(15)16/h3-6H,1-2H3. The van der Waals surface area contributed by atoms with Crippen LogP contribution in [-0.4, -0.2) is 36.2 Å². The molecule has 2 amide bonds. The zero-order valence-corrected chi connectivity index (χ0v) is 9.65. The van der Waals surface area contributed by atoms with Gasteiger partial charge in [-0.05, 0) is 12.1 Å². The van der Waals surface area contributed by atoms with Gasteiger partial charge in [0.05, 0.1) is 12.0 Å². The predicted octanol–water partition coefficient (Wildman–Crippen LogP) is 1.79.